The minimum atomic E-state index is -2.25. The van der Waals surface area contributed by atoms with Gasteiger partial charge in [-0.2, -0.15) is 0 Å². The van der Waals surface area contributed by atoms with Gasteiger partial charge in [0.2, 0.25) is 16.6 Å². The van der Waals surface area contributed by atoms with Gasteiger partial charge in [-0.1, -0.05) is 50.6 Å². The van der Waals surface area contributed by atoms with Gasteiger partial charge in [0.15, 0.2) is 0 Å². The number of benzene rings is 2. The van der Waals surface area contributed by atoms with Gasteiger partial charge >= 0.3 is 0 Å². The molecule has 0 bridgehead atoms. The SMILES string of the molecule is CC1=Cc2cc(C(C)(C)C)cc(-c3ccc(C([NH])=O)c4c3[Si](C)(C)O[Si]4(C)C)c2C1. The van der Waals surface area contributed by atoms with E-state index in [1.165, 1.54) is 38.6 Å². The van der Waals surface area contributed by atoms with Crippen LogP contribution in [0.25, 0.3) is 17.2 Å². The molecular formula is C25H32NO2Si2. The Hall–Kier alpha value is -1.96. The van der Waals surface area contributed by atoms with E-state index in [1.54, 1.807) is 0 Å². The molecule has 5 heteroatoms. The lowest BCUT2D eigenvalue weighted by molar-refractivity contribution is 0.0993. The van der Waals surface area contributed by atoms with Crippen LogP contribution in [-0.4, -0.2) is 22.5 Å². The number of amides is 1. The molecule has 2 aromatic rings. The first-order chi connectivity index (χ1) is 13.7. The van der Waals surface area contributed by atoms with Gasteiger partial charge < -0.3 is 4.12 Å². The van der Waals surface area contributed by atoms with E-state index >= 15 is 0 Å². The molecule has 3 nitrogen and oxygen atoms in total. The molecular weight excluding hydrogens is 402 g/mol. The maximum atomic E-state index is 12.2. The summed E-state index contributed by atoms with van der Waals surface area (Å²) < 4.78 is 6.73. The highest BCUT2D eigenvalue weighted by atomic mass is 28.4. The number of hydrogen-bond donors (Lipinski definition) is 0. The Labute approximate surface area is 182 Å². The van der Waals surface area contributed by atoms with Gasteiger partial charge in [0.1, 0.15) is 0 Å². The van der Waals surface area contributed by atoms with E-state index in [0.717, 1.165) is 11.6 Å². The van der Waals surface area contributed by atoms with Crippen molar-refractivity contribution in [2.75, 3.05) is 0 Å². The molecule has 1 aliphatic carbocycles. The van der Waals surface area contributed by atoms with Crippen LogP contribution in [0.3, 0.4) is 0 Å². The van der Waals surface area contributed by atoms with Crippen molar-refractivity contribution in [1.29, 1.82) is 0 Å². The van der Waals surface area contributed by atoms with Gasteiger partial charge in [-0.15, -0.1) is 0 Å². The second kappa shape index (κ2) is 6.52. The molecule has 30 heavy (non-hydrogen) atoms. The number of carbonyl (C=O) groups is 1. The quantitative estimate of drug-likeness (QED) is 0.632. The van der Waals surface area contributed by atoms with Crippen LogP contribution in [0.15, 0.2) is 29.8 Å². The maximum absolute atomic E-state index is 12.2. The summed E-state index contributed by atoms with van der Waals surface area (Å²) in [5.74, 6) is -0.597. The number of fused-ring (bicyclic) bond motifs is 2. The lowest BCUT2D eigenvalue weighted by Crippen LogP contribution is -2.48. The first-order valence-corrected chi connectivity index (χ1v) is 16.5. The summed E-state index contributed by atoms with van der Waals surface area (Å²) in [4.78, 5) is 12.2. The van der Waals surface area contributed by atoms with E-state index < -0.39 is 22.5 Å². The van der Waals surface area contributed by atoms with Crippen molar-refractivity contribution in [2.45, 2.75) is 65.7 Å². The molecule has 2 aromatic carbocycles. The Kier molecular flexibility index (Phi) is 4.62. The standard InChI is InChI=1S/C25H32NO2Si2/c1-15-11-16-13-17(25(2,3)4)14-21(20(16)12-15)18-9-10-19(24(26)27)23-22(18)29(5,6)28-30(23,7)8/h9-11,13-14,26H,12H2,1-8H3. The van der Waals surface area contributed by atoms with Crippen LogP contribution in [0.5, 0.6) is 0 Å². The van der Waals surface area contributed by atoms with Crippen molar-refractivity contribution in [1.82, 2.24) is 5.73 Å². The minimum Gasteiger partial charge on any atom is -0.449 e. The van der Waals surface area contributed by atoms with Crippen LogP contribution >= 0.6 is 0 Å². The highest BCUT2D eigenvalue weighted by Gasteiger charge is 2.50. The number of allylic oxidation sites excluding steroid dienone is 1. The van der Waals surface area contributed by atoms with Crippen LogP contribution in [0.4, 0.5) is 0 Å². The van der Waals surface area contributed by atoms with Crippen LogP contribution in [0, 0.1) is 0 Å². The van der Waals surface area contributed by atoms with E-state index in [2.05, 4.69) is 78.2 Å². The lowest BCUT2D eigenvalue weighted by atomic mass is 9.82. The Morgan fingerprint density at radius 2 is 1.63 bits per heavy atom. The first kappa shape index (κ1) is 21.3. The average Bonchev–Trinajstić information content (AvgIpc) is 3.06. The summed E-state index contributed by atoms with van der Waals surface area (Å²) in [6.07, 6.45) is 3.28. The van der Waals surface area contributed by atoms with Crippen molar-refractivity contribution >= 4 is 39.0 Å². The van der Waals surface area contributed by atoms with E-state index in [0.29, 0.717) is 5.56 Å². The van der Waals surface area contributed by atoms with E-state index in [9.17, 15) is 4.79 Å². The lowest BCUT2D eigenvalue weighted by Gasteiger charge is -2.25. The number of hydrogen-bond acceptors (Lipinski definition) is 2. The molecule has 0 saturated carbocycles. The normalized spacial score (nSPS) is 18.7. The molecule has 4 rings (SSSR count). The van der Waals surface area contributed by atoms with Gasteiger partial charge in [0.25, 0.3) is 5.91 Å². The third-order valence-electron chi connectivity index (χ3n) is 6.46. The van der Waals surface area contributed by atoms with Crippen molar-refractivity contribution in [3.05, 3.63) is 52.1 Å². The zero-order valence-corrected chi connectivity index (χ0v) is 21.4. The fraction of sp³-hybridized carbons (Fsp3) is 0.400. The zero-order chi connectivity index (χ0) is 22.2. The Balaban J connectivity index is 2.09. The monoisotopic (exact) mass is 434 g/mol. The van der Waals surface area contributed by atoms with Gasteiger partial charge in [0.05, 0.1) is 0 Å². The summed E-state index contributed by atoms with van der Waals surface area (Å²) in [5.41, 5.74) is 16.4. The van der Waals surface area contributed by atoms with Crippen LogP contribution in [0.1, 0.15) is 54.7 Å². The van der Waals surface area contributed by atoms with Crippen LogP contribution in [-0.2, 0) is 16.0 Å². The average molecular weight is 435 g/mol. The fourth-order valence-corrected chi connectivity index (χ4v) is 16.2. The smallest absolute Gasteiger partial charge is 0.269 e. The van der Waals surface area contributed by atoms with Crippen LogP contribution in [0.2, 0.25) is 26.2 Å². The van der Waals surface area contributed by atoms with Crippen molar-refractivity contribution < 1.29 is 8.91 Å². The molecule has 1 N–H and O–H groups in total. The summed E-state index contributed by atoms with van der Waals surface area (Å²) in [7, 11) is -4.45. The largest absolute Gasteiger partial charge is 0.449 e. The molecule has 1 amide bonds. The van der Waals surface area contributed by atoms with E-state index in [-0.39, 0.29) is 5.41 Å². The topological polar surface area (TPSA) is 50.1 Å². The molecule has 0 atom stereocenters. The van der Waals surface area contributed by atoms with E-state index in [4.69, 9.17) is 9.85 Å². The maximum Gasteiger partial charge on any atom is 0.269 e. The second-order valence-electron chi connectivity index (χ2n) is 10.9. The number of nitrogens with one attached hydrogen (secondary N) is 1. The zero-order valence-electron chi connectivity index (χ0n) is 19.4. The van der Waals surface area contributed by atoms with Gasteiger partial charge in [-0.05, 0) is 89.2 Å². The molecule has 0 fully saturated rings. The van der Waals surface area contributed by atoms with Crippen molar-refractivity contribution in [3.63, 3.8) is 0 Å². The number of rotatable bonds is 2. The predicted molar refractivity (Wildman–Crippen MR) is 131 cm³/mol. The summed E-state index contributed by atoms with van der Waals surface area (Å²) in [6.45, 7) is 17.8. The third kappa shape index (κ3) is 3.24. The summed E-state index contributed by atoms with van der Waals surface area (Å²) in [6, 6.07) is 8.67. The van der Waals surface area contributed by atoms with Gasteiger partial charge in [-0.3, -0.25) is 10.5 Å². The van der Waals surface area contributed by atoms with Crippen LogP contribution < -0.4 is 16.1 Å². The molecule has 0 spiro atoms. The Bertz CT molecular complexity index is 1120. The highest BCUT2D eigenvalue weighted by Crippen LogP contribution is 2.39. The van der Waals surface area contributed by atoms with E-state index in [1.807, 2.05) is 6.07 Å². The highest BCUT2D eigenvalue weighted by molar-refractivity contribution is 7.06. The Morgan fingerprint density at radius 3 is 2.23 bits per heavy atom. The molecule has 1 radical (unpaired) electrons. The van der Waals surface area contributed by atoms with Crippen molar-refractivity contribution in [2.24, 2.45) is 0 Å². The summed E-state index contributed by atoms with van der Waals surface area (Å²) >= 11 is 0. The van der Waals surface area contributed by atoms with Crippen molar-refractivity contribution in [3.8, 4) is 11.1 Å². The molecule has 2 aliphatic rings. The minimum absolute atomic E-state index is 0.0475. The predicted octanol–water partition coefficient (Wildman–Crippen LogP) is 4.89. The third-order valence-corrected chi connectivity index (χ3v) is 14.2. The molecule has 1 aliphatic heterocycles. The fourth-order valence-electron chi connectivity index (χ4n) is 5.30. The number of carbonyl (C=O) groups excluding carboxylic acids is 1. The first-order valence-electron chi connectivity index (χ1n) is 10.7. The molecule has 0 saturated heterocycles. The molecule has 0 unspecified atom stereocenters. The second-order valence-corrected chi connectivity index (χ2v) is 18.7. The van der Waals surface area contributed by atoms with Gasteiger partial charge in [0, 0.05) is 5.56 Å². The van der Waals surface area contributed by atoms with Gasteiger partial charge in [-0.25, -0.2) is 0 Å². The molecule has 0 aromatic heterocycles. The molecule has 157 valence electrons. The summed E-state index contributed by atoms with van der Waals surface area (Å²) in [5, 5.41) is 2.31. The Morgan fingerprint density at radius 1 is 1.00 bits per heavy atom. The molecule has 1 heterocycles.